The lowest BCUT2D eigenvalue weighted by molar-refractivity contribution is 0.234. The Hall–Kier alpha value is -0.490. The minimum Gasteiger partial charge on any atom is -0.218 e. The van der Waals surface area contributed by atoms with E-state index in [1.165, 1.54) is 12.1 Å². The maximum atomic E-state index is 12.4. The first-order valence-corrected chi connectivity index (χ1v) is 6.91. The highest BCUT2D eigenvalue weighted by molar-refractivity contribution is 9.10. The van der Waals surface area contributed by atoms with E-state index in [1.54, 1.807) is 6.07 Å². The zero-order valence-electron chi connectivity index (χ0n) is 8.75. The Morgan fingerprint density at radius 2 is 1.75 bits per heavy atom. The molecule has 0 unspecified atom stereocenters. The Morgan fingerprint density at radius 1 is 1.19 bits per heavy atom. The number of alkyl halides is 2. The molecule has 0 amide bonds. The molecule has 0 saturated carbocycles. The van der Waals surface area contributed by atoms with Crippen LogP contribution in [0.4, 0.5) is 8.78 Å². The van der Waals surface area contributed by atoms with Crippen molar-refractivity contribution in [3.63, 3.8) is 0 Å². The second-order valence-corrected chi connectivity index (χ2v) is 6.51. The van der Waals surface area contributed by atoms with Crippen molar-refractivity contribution in [3.05, 3.63) is 28.2 Å². The van der Waals surface area contributed by atoms with E-state index in [-0.39, 0.29) is 10.8 Å². The summed E-state index contributed by atoms with van der Waals surface area (Å²) >= 11 is 3.11. The van der Waals surface area contributed by atoms with Gasteiger partial charge >= 0.3 is 5.76 Å². The van der Waals surface area contributed by atoms with E-state index in [2.05, 4.69) is 15.9 Å². The highest BCUT2D eigenvalue weighted by Crippen LogP contribution is 2.27. The smallest absolute Gasteiger partial charge is 0.218 e. The topological polar surface area (TPSA) is 34.1 Å². The number of halogens is 3. The fraction of sp³-hybridized carbons (Fsp3) is 0.400. The third-order valence-corrected chi connectivity index (χ3v) is 3.94. The molecule has 1 rings (SSSR count). The SMILES string of the molecule is CC(C)c1cc(Br)cc(S(=O)(=O)C(F)F)c1. The summed E-state index contributed by atoms with van der Waals surface area (Å²) in [6, 6.07) is 4.19. The number of rotatable bonds is 3. The van der Waals surface area contributed by atoms with Crippen molar-refractivity contribution in [2.75, 3.05) is 0 Å². The Bertz CT molecular complexity index is 484. The zero-order valence-corrected chi connectivity index (χ0v) is 11.1. The van der Waals surface area contributed by atoms with Crippen LogP contribution in [0, 0.1) is 0 Å². The van der Waals surface area contributed by atoms with E-state index < -0.39 is 15.6 Å². The molecule has 0 radical (unpaired) electrons. The van der Waals surface area contributed by atoms with Crippen LogP contribution in [-0.2, 0) is 9.84 Å². The Kier molecular flexibility index (Phi) is 4.07. The van der Waals surface area contributed by atoms with Gasteiger partial charge in [-0.15, -0.1) is 0 Å². The minimum atomic E-state index is -4.52. The second kappa shape index (κ2) is 4.79. The summed E-state index contributed by atoms with van der Waals surface area (Å²) in [6.07, 6.45) is 0. The number of benzene rings is 1. The molecule has 6 heteroatoms. The van der Waals surface area contributed by atoms with Crippen LogP contribution in [0.5, 0.6) is 0 Å². The van der Waals surface area contributed by atoms with Crippen molar-refractivity contribution in [1.82, 2.24) is 0 Å². The van der Waals surface area contributed by atoms with Crippen molar-refractivity contribution < 1.29 is 17.2 Å². The van der Waals surface area contributed by atoms with Crippen molar-refractivity contribution in [2.45, 2.75) is 30.4 Å². The normalized spacial score (nSPS) is 12.4. The van der Waals surface area contributed by atoms with Gasteiger partial charge in [-0.25, -0.2) is 8.42 Å². The second-order valence-electron chi connectivity index (χ2n) is 3.68. The van der Waals surface area contributed by atoms with Crippen molar-refractivity contribution >= 4 is 25.8 Å². The van der Waals surface area contributed by atoms with Crippen LogP contribution >= 0.6 is 15.9 Å². The molecule has 0 aliphatic carbocycles. The number of hydrogen-bond acceptors (Lipinski definition) is 2. The summed E-state index contributed by atoms with van der Waals surface area (Å²) in [5.74, 6) is -3.31. The molecule has 0 saturated heterocycles. The minimum absolute atomic E-state index is 0.0733. The van der Waals surface area contributed by atoms with Gasteiger partial charge in [0.2, 0.25) is 9.84 Å². The molecule has 0 spiro atoms. The molecule has 2 nitrogen and oxygen atoms in total. The van der Waals surface area contributed by atoms with E-state index in [4.69, 9.17) is 0 Å². The van der Waals surface area contributed by atoms with E-state index in [9.17, 15) is 17.2 Å². The summed E-state index contributed by atoms with van der Waals surface area (Å²) < 4.78 is 47.8. The van der Waals surface area contributed by atoms with E-state index in [1.807, 2.05) is 13.8 Å². The van der Waals surface area contributed by atoms with Gasteiger partial charge in [-0.3, -0.25) is 0 Å². The highest BCUT2D eigenvalue weighted by atomic mass is 79.9. The van der Waals surface area contributed by atoms with Gasteiger partial charge in [-0.05, 0) is 29.7 Å². The molecule has 0 atom stereocenters. The van der Waals surface area contributed by atoms with Gasteiger partial charge in [-0.2, -0.15) is 8.78 Å². The molecular weight excluding hydrogens is 302 g/mol. The third-order valence-electron chi connectivity index (χ3n) is 2.12. The molecule has 0 aliphatic heterocycles. The quantitative estimate of drug-likeness (QED) is 0.855. The Morgan fingerprint density at radius 3 is 2.19 bits per heavy atom. The molecule has 1 aromatic rings. The maximum absolute atomic E-state index is 12.4. The monoisotopic (exact) mass is 312 g/mol. The molecule has 16 heavy (non-hydrogen) atoms. The summed E-state index contributed by atoms with van der Waals surface area (Å²) in [6.45, 7) is 3.72. The fourth-order valence-corrected chi connectivity index (χ4v) is 2.64. The number of sulfone groups is 1. The predicted molar refractivity (Wildman–Crippen MR) is 61.4 cm³/mol. The maximum Gasteiger partial charge on any atom is 0.341 e. The van der Waals surface area contributed by atoms with Gasteiger partial charge in [0.15, 0.2) is 0 Å². The van der Waals surface area contributed by atoms with Gasteiger partial charge in [-0.1, -0.05) is 29.8 Å². The van der Waals surface area contributed by atoms with Crippen LogP contribution in [0.3, 0.4) is 0 Å². The van der Waals surface area contributed by atoms with Crippen molar-refractivity contribution in [2.24, 2.45) is 0 Å². The Balaban J connectivity index is 3.36. The Labute approximate surface area is 102 Å². The molecule has 0 heterocycles. The van der Waals surface area contributed by atoms with Gasteiger partial charge in [0.1, 0.15) is 0 Å². The molecule has 0 N–H and O–H groups in total. The van der Waals surface area contributed by atoms with Gasteiger partial charge in [0.25, 0.3) is 0 Å². The predicted octanol–water partition coefficient (Wildman–Crippen LogP) is 3.57. The lowest BCUT2D eigenvalue weighted by Gasteiger charge is -2.09. The molecule has 1 aromatic carbocycles. The summed E-state index contributed by atoms with van der Waals surface area (Å²) in [5.41, 5.74) is 0.702. The molecule has 0 aromatic heterocycles. The average Bonchev–Trinajstić information content (AvgIpc) is 2.16. The van der Waals surface area contributed by atoms with Crippen molar-refractivity contribution in [1.29, 1.82) is 0 Å². The standard InChI is InChI=1S/C10H11BrF2O2S/c1-6(2)7-3-8(11)5-9(4-7)16(14,15)10(12)13/h3-6,10H,1-2H3. The molecule has 90 valence electrons. The highest BCUT2D eigenvalue weighted by Gasteiger charge is 2.27. The number of hydrogen-bond donors (Lipinski definition) is 0. The van der Waals surface area contributed by atoms with Crippen LogP contribution in [0.1, 0.15) is 25.3 Å². The van der Waals surface area contributed by atoms with Crippen LogP contribution in [0.2, 0.25) is 0 Å². The molecule has 0 fully saturated rings. The lowest BCUT2D eigenvalue weighted by atomic mass is 10.0. The summed E-state index contributed by atoms with van der Waals surface area (Å²) in [4.78, 5) is -0.347. The first-order valence-electron chi connectivity index (χ1n) is 4.57. The molecular formula is C10H11BrF2O2S. The largest absolute Gasteiger partial charge is 0.341 e. The third kappa shape index (κ3) is 2.79. The van der Waals surface area contributed by atoms with Crippen LogP contribution in [0.25, 0.3) is 0 Å². The van der Waals surface area contributed by atoms with E-state index >= 15 is 0 Å². The molecule has 0 aliphatic rings. The summed E-state index contributed by atoms with van der Waals surface area (Å²) in [7, 11) is -4.52. The van der Waals surface area contributed by atoms with E-state index in [0.29, 0.717) is 10.0 Å². The average molecular weight is 313 g/mol. The van der Waals surface area contributed by atoms with Crippen LogP contribution in [-0.4, -0.2) is 14.2 Å². The fourth-order valence-electron chi connectivity index (χ4n) is 1.18. The van der Waals surface area contributed by atoms with Gasteiger partial charge in [0.05, 0.1) is 4.90 Å². The summed E-state index contributed by atoms with van der Waals surface area (Å²) in [5, 5.41) is 0. The van der Waals surface area contributed by atoms with Gasteiger partial charge in [0, 0.05) is 4.47 Å². The van der Waals surface area contributed by atoms with Gasteiger partial charge < -0.3 is 0 Å². The zero-order chi connectivity index (χ0) is 12.5. The lowest BCUT2D eigenvalue weighted by Crippen LogP contribution is -2.11. The van der Waals surface area contributed by atoms with Crippen LogP contribution in [0.15, 0.2) is 27.6 Å². The van der Waals surface area contributed by atoms with E-state index in [0.717, 1.165) is 0 Å². The first kappa shape index (κ1) is 13.6. The molecule has 0 bridgehead atoms. The van der Waals surface area contributed by atoms with Crippen molar-refractivity contribution in [3.8, 4) is 0 Å². The van der Waals surface area contributed by atoms with Crippen LogP contribution < -0.4 is 0 Å². The first-order chi connectivity index (χ1) is 7.25.